The Kier molecular flexibility index (Phi) is 4.58. The lowest BCUT2D eigenvalue weighted by atomic mass is 10.2. The monoisotopic (exact) mass is 293 g/mol. The zero-order valence-electron chi connectivity index (χ0n) is 11.4. The van der Waals surface area contributed by atoms with E-state index in [1.54, 1.807) is 32.4 Å². The molecule has 0 radical (unpaired) electrons. The molecule has 0 atom stereocenters. The summed E-state index contributed by atoms with van der Waals surface area (Å²) in [4.78, 5) is 0. The third kappa shape index (κ3) is 3.27. The quantitative estimate of drug-likeness (QED) is 0.857. The van der Waals surface area contributed by atoms with Crippen molar-refractivity contribution in [2.45, 2.75) is 6.61 Å². The fourth-order valence-electron chi connectivity index (χ4n) is 1.77. The summed E-state index contributed by atoms with van der Waals surface area (Å²) >= 11 is 6.05. The summed E-state index contributed by atoms with van der Waals surface area (Å²) in [6.45, 7) is 0.379. The molecule has 0 bridgehead atoms. The molecule has 20 heavy (non-hydrogen) atoms. The van der Waals surface area contributed by atoms with E-state index in [-0.39, 0.29) is 0 Å². The average Bonchev–Trinajstić information content (AvgIpc) is 2.46. The highest BCUT2D eigenvalue weighted by molar-refractivity contribution is 6.32. The van der Waals surface area contributed by atoms with E-state index in [1.807, 2.05) is 18.2 Å². The predicted molar refractivity (Wildman–Crippen MR) is 79.7 cm³/mol. The Balaban J connectivity index is 2.10. The third-order valence-corrected chi connectivity index (χ3v) is 3.09. The molecule has 0 aromatic heterocycles. The predicted octanol–water partition coefficient (Wildman–Crippen LogP) is 3.52. The van der Waals surface area contributed by atoms with E-state index in [4.69, 9.17) is 31.5 Å². The van der Waals surface area contributed by atoms with Crippen LogP contribution in [0.15, 0.2) is 36.4 Å². The van der Waals surface area contributed by atoms with Crippen LogP contribution < -0.4 is 19.9 Å². The van der Waals surface area contributed by atoms with Crippen molar-refractivity contribution < 1.29 is 14.2 Å². The van der Waals surface area contributed by atoms with Gasteiger partial charge in [0.15, 0.2) is 11.5 Å². The number of benzene rings is 2. The largest absolute Gasteiger partial charge is 0.493 e. The van der Waals surface area contributed by atoms with Gasteiger partial charge in [-0.25, -0.2) is 0 Å². The zero-order chi connectivity index (χ0) is 14.5. The summed E-state index contributed by atoms with van der Waals surface area (Å²) in [5.74, 6) is 1.94. The molecule has 4 nitrogen and oxygen atoms in total. The van der Waals surface area contributed by atoms with Crippen LogP contribution in [0.1, 0.15) is 5.56 Å². The van der Waals surface area contributed by atoms with E-state index in [1.165, 1.54) is 0 Å². The second-order valence-corrected chi connectivity index (χ2v) is 4.58. The van der Waals surface area contributed by atoms with Gasteiger partial charge in [-0.15, -0.1) is 0 Å². The van der Waals surface area contributed by atoms with E-state index < -0.39 is 0 Å². The van der Waals surface area contributed by atoms with Crippen LogP contribution in [-0.4, -0.2) is 14.2 Å². The van der Waals surface area contributed by atoms with Crippen LogP contribution in [0.3, 0.4) is 0 Å². The molecular formula is C15H16ClNO3. The highest BCUT2D eigenvalue weighted by atomic mass is 35.5. The number of hydrogen-bond acceptors (Lipinski definition) is 4. The van der Waals surface area contributed by atoms with Crippen molar-refractivity contribution >= 4 is 17.3 Å². The zero-order valence-corrected chi connectivity index (χ0v) is 12.1. The summed E-state index contributed by atoms with van der Waals surface area (Å²) < 4.78 is 16.1. The van der Waals surface area contributed by atoms with E-state index >= 15 is 0 Å². The Hall–Kier alpha value is -2.07. The minimum absolute atomic E-state index is 0.379. The molecule has 0 aliphatic carbocycles. The van der Waals surface area contributed by atoms with Gasteiger partial charge < -0.3 is 19.9 Å². The van der Waals surface area contributed by atoms with Crippen molar-refractivity contribution in [2.24, 2.45) is 0 Å². The van der Waals surface area contributed by atoms with Crippen LogP contribution in [0, 0.1) is 0 Å². The molecule has 2 N–H and O–H groups in total. The van der Waals surface area contributed by atoms with Crippen LogP contribution in [-0.2, 0) is 6.61 Å². The first-order valence-electron chi connectivity index (χ1n) is 6.02. The van der Waals surface area contributed by atoms with Gasteiger partial charge in [0.05, 0.1) is 19.2 Å². The second-order valence-electron chi connectivity index (χ2n) is 4.17. The number of methoxy groups -OCH3 is 2. The second kappa shape index (κ2) is 6.39. The van der Waals surface area contributed by atoms with Crippen LogP contribution >= 0.6 is 11.6 Å². The number of nitrogens with two attached hydrogens (primary N) is 1. The Morgan fingerprint density at radius 3 is 2.30 bits per heavy atom. The number of rotatable bonds is 5. The van der Waals surface area contributed by atoms with Crippen molar-refractivity contribution in [3.05, 3.63) is 47.0 Å². The van der Waals surface area contributed by atoms with E-state index in [0.717, 1.165) is 5.56 Å². The molecule has 0 heterocycles. The van der Waals surface area contributed by atoms with Gasteiger partial charge in [-0.2, -0.15) is 0 Å². The summed E-state index contributed by atoms with van der Waals surface area (Å²) in [5, 5.41) is 0.491. The SMILES string of the molecule is COc1ccc(COc2ccc(N)cc2Cl)cc1OC. The standard InChI is InChI=1S/C15H16ClNO3/c1-18-14-5-3-10(7-15(14)19-2)9-20-13-6-4-11(17)8-12(13)16/h3-8H,9,17H2,1-2H3. The summed E-state index contributed by atoms with van der Waals surface area (Å²) in [7, 11) is 3.20. The van der Waals surface area contributed by atoms with E-state index in [2.05, 4.69) is 0 Å². The van der Waals surface area contributed by atoms with Crippen molar-refractivity contribution in [3.63, 3.8) is 0 Å². The smallest absolute Gasteiger partial charge is 0.161 e. The Labute approximate surface area is 123 Å². The molecule has 2 aromatic rings. The average molecular weight is 294 g/mol. The highest BCUT2D eigenvalue weighted by Gasteiger charge is 2.06. The molecule has 0 amide bonds. The molecule has 0 aliphatic rings. The molecule has 106 valence electrons. The van der Waals surface area contributed by atoms with Gasteiger partial charge in [-0.3, -0.25) is 0 Å². The number of anilines is 1. The molecule has 0 unspecified atom stereocenters. The molecular weight excluding hydrogens is 278 g/mol. The molecule has 0 saturated carbocycles. The Morgan fingerprint density at radius 1 is 0.950 bits per heavy atom. The van der Waals surface area contributed by atoms with Gasteiger partial charge in [0.25, 0.3) is 0 Å². The molecule has 0 aliphatic heterocycles. The van der Waals surface area contributed by atoms with Crippen molar-refractivity contribution in [3.8, 4) is 17.2 Å². The maximum atomic E-state index is 6.05. The van der Waals surface area contributed by atoms with Gasteiger partial charge in [-0.05, 0) is 35.9 Å². The molecule has 5 heteroatoms. The minimum atomic E-state index is 0.379. The molecule has 0 saturated heterocycles. The van der Waals surface area contributed by atoms with Gasteiger partial charge in [0.2, 0.25) is 0 Å². The van der Waals surface area contributed by atoms with Crippen molar-refractivity contribution in [2.75, 3.05) is 20.0 Å². The number of halogens is 1. The van der Waals surface area contributed by atoms with Gasteiger partial charge >= 0.3 is 0 Å². The Bertz CT molecular complexity index is 602. The van der Waals surface area contributed by atoms with Crippen LogP contribution in [0.25, 0.3) is 0 Å². The number of nitrogen functional groups attached to an aromatic ring is 1. The molecule has 2 aromatic carbocycles. The normalized spacial score (nSPS) is 10.2. The van der Waals surface area contributed by atoms with Gasteiger partial charge in [-0.1, -0.05) is 17.7 Å². The van der Waals surface area contributed by atoms with Crippen molar-refractivity contribution in [1.29, 1.82) is 0 Å². The Morgan fingerprint density at radius 2 is 1.65 bits per heavy atom. The van der Waals surface area contributed by atoms with Crippen LogP contribution in [0.2, 0.25) is 5.02 Å². The van der Waals surface area contributed by atoms with E-state index in [9.17, 15) is 0 Å². The van der Waals surface area contributed by atoms with Crippen LogP contribution in [0.4, 0.5) is 5.69 Å². The minimum Gasteiger partial charge on any atom is -0.493 e. The fourth-order valence-corrected chi connectivity index (χ4v) is 2.01. The summed E-state index contributed by atoms with van der Waals surface area (Å²) in [6, 6.07) is 10.8. The highest BCUT2D eigenvalue weighted by Crippen LogP contribution is 2.30. The first kappa shape index (κ1) is 14.3. The molecule has 0 fully saturated rings. The maximum Gasteiger partial charge on any atom is 0.161 e. The lowest BCUT2D eigenvalue weighted by molar-refractivity contribution is 0.304. The van der Waals surface area contributed by atoms with Gasteiger partial charge in [0.1, 0.15) is 12.4 Å². The number of hydrogen-bond donors (Lipinski definition) is 1. The van der Waals surface area contributed by atoms with E-state index in [0.29, 0.717) is 34.6 Å². The lowest BCUT2D eigenvalue weighted by Gasteiger charge is -2.11. The summed E-state index contributed by atoms with van der Waals surface area (Å²) in [6.07, 6.45) is 0. The fraction of sp³-hybridized carbons (Fsp3) is 0.200. The lowest BCUT2D eigenvalue weighted by Crippen LogP contribution is -1.98. The topological polar surface area (TPSA) is 53.7 Å². The van der Waals surface area contributed by atoms with Crippen molar-refractivity contribution in [1.82, 2.24) is 0 Å². The maximum absolute atomic E-state index is 6.05. The first-order valence-corrected chi connectivity index (χ1v) is 6.40. The molecule has 2 rings (SSSR count). The summed E-state index contributed by atoms with van der Waals surface area (Å²) in [5.41, 5.74) is 7.19. The number of ether oxygens (including phenoxy) is 3. The van der Waals surface area contributed by atoms with Gasteiger partial charge in [0, 0.05) is 5.69 Å². The first-order chi connectivity index (χ1) is 9.63. The molecule has 0 spiro atoms. The van der Waals surface area contributed by atoms with Crippen LogP contribution in [0.5, 0.6) is 17.2 Å². The third-order valence-electron chi connectivity index (χ3n) is 2.80.